The SMILES string of the molecule is CCc1ccc([O])c(C)c1. The summed E-state index contributed by atoms with van der Waals surface area (Å²) in [6.45, 7) is 3.93. The highest BCUT2D eigenvalue weighted by Gasteiger charge is 1.96. The van der Waals surface area contributed by atoms with Crippen molar-refractivity contribution in [3.05, 3.63) is 29.3 Å². The van der Waals surface area contributed by atoms with E-state index in [-0.39, 0.29) is 5.75 Å². The van der Waals surface area contributed by atoms with E-state index in [0.717, 1.165) is 12.0 Å². The van der Waals surface area contributed by atoms with Gasteiger partial charge in [0.25, 0.3) is 0 Å². The quantitative estimate of drug-likeness (QED) is 0.564. The molecular weight excluding hydrogens is 124 g/mol. The molecule has 1 aromatic rings. The van der Waals surface area contributed by atoms with Crippen molar-refractivity contribution < 1.29 is 5.11 Å². The molecular formula is C9H11O. The first-order valence-electron chi connectivity index (χ1n) is 3.50. The van der Waals surface area contributed by atoms with Crippen molar-refractivity contribution in [2.75, 3.05) is 0 Å². The van der Waals surface area contributed by atoms with E-state index >= 15 is 0 Å². The molecule has 0 spiro atoms. The highest BCUT2D eigenvalue weighted by Crippen LogP contribution is 2.17. The molecule has 1 aromatic carbocycles. The van der Waals surface area contributed by atoms with Gasteiger partial charge in [-0.05, 0) is 30.5 Å². The molecule has 0 aliphatic rings. The largest absolute Gasteiger partial charge is 0.290 e. The third-order valence-electron chi connectivity index (χ3n) is 1.65. The van der Waals surface area contributed by atoms with Crippen LogP contribution in [0.3, 0.4) is 0 Å². The summed E-state index contributed by atoms with van der Waals surface area (Å²) in [4.78, 5) is 0. The molecule has 10 heavy (non-hydrogen) atoms. The van der Waals surface area contributed by atoms with Crippen molar-refractivity contribution in [1.82, 2.24) is 0 Å². The average Bonchev–Trinajstić information content (AvgIpc) is 1.95. The maximum atomic E-state index is 10.9. The summed E-state index contributed by atoms with van der Waals surface area (Å²) < 4.78 is 0. The highest BCUT2D eigenvalue weighted by atomic mass is 16.3. The van der Waals surface area contributed by atoms with E-state index in [9.17, 15) is 5.11 Å². The molecule has 1 rings (SSSR count). The van der Waals surface area contributed by atoms with Gasteiger partial charge in [0.15, 0.2) is 5.75 Å². The maximum absolute atomic E-state index is 10.9. The molecule has 0 atom stereocenters. The van der Waals surface area contributed by atoms with Crippen LogP contribution in [-0.4, -0.2) is 0 Å². The summed E-state index contributed by atoms with van der Waals surface area (Å²) >= 11 is 0. The van der Waals surface area contributed by atoms with Crippen LogP contribution >= 0.6 is 0 Å². The summed E-state index contributed by atoms with van der Waals surface area (Å²) in [5, 5.41) is 10.9. The van der Waals surface area contributed by atoms with E-state index in [2.05, 4.69) is 6.92 Å². The zero-order valence-corrected chi connectivity index (χ0v) is 6.35. The molecule has 1 radical (unpaired) electrons. The Morgan fingerprint density at radius 2 is 2.10 bits per heavy atom. The van der Waals surface area contributed by atoms with Gasteiger partial charge in [0.05, 0.1) is 0 Å². The lowest BCUT2D eigenvalue weighted by atomic mass is 10.1. The Kier molecular flexibility index (Phi) is 1.95. The monoisotopic (exact) mass is 135 g/mol. The number of hydrogen-bond acceptors (Lipinski definition) is 0. The minimum atomic E-state index is 0.136. The van der Waals surface area contributed by atoms with Crippen LogP contribution in [0.1, 0.15) is 18.1 Å². The minimum Gasteiger partial charge on any atom is -0.290 e. The van der Waals surface area contributed by atoms with Gasteiger partial charge in [0.2, 0.25) is 0 Å². The molecule has 1 nitrogen and oxygen atoms in total. The van der Waals surface area contributed by atoms with Gasteiger partial charge in [-0.1, -0.05) is 19.1 Å². The Morgan fingerprint density at radius 3 is 2.60 bits per heavy atom. The van der Waals surface area contributed by atoms with Crippen LogP contribution in [0.25, 0.3) is 0 Å². The van der Waals surface area contributed by atoms with E-state index in [4.69, 9.17) is 0 Å². The molecule has 0 aliphatic heterocycles. The topological polar surface area (TPSA) is 19.9 Å². The molecule has 0 fully saturated rings. The van der Waals surface area contributed by atoms with Crippen LogP contribution in [0, 0.1) is 6.92 Å². The summed E-state index contributed by atoms with van der Waals surface area (Å²) in [5.41, 5.74) is 2.08. The molecule has 1 heteroatoms. The minimum absolute atomic E-state index is 0.136. The molecule has 0 unspecified atom stereocenters. The highest BCUT2D eigenvalue weighted by molar-refractivity contribution is 5.34. The summed E-state index contributed by atoms with van der Waals surface area (Å²) in [5.74, 6) is 0.136. The fourth-order valence-corrected chi connectivity index (χ4v) is 0.931. The van der Waals surface area contributed by atoms with Crippen LogP contribution in [0.4, 0.5) is 0 Å². The van der Waals surface area contributed by atoms with Crippen molar-refractivity contribution in [2.24, 2.45) is 0 Å². The molecule has 53 valence electrons. The molecule has 0 aliphatic carbocycles. The van der Waals surface area contributed by atoms with Gasteiger partial charge in [0, 0.05) is 0 Å². The Labute approximate surface area is 61.3 Å². The Bertz CT molecular complexity index is 228. The molecule has 0 bridgehead atoms. The average molecular weight is 135 g/mol. The number of benzene rings is 1. The number of hydrogen-bond donors (Lipinski definition) is 0. The van der Waals surface area contributed by atoms with E-state index in [1.165, 1.54) is 5.56 Å². The molecule has 0 saturated heterocycles. The van der Waals surface area contributed by atoms with Crippen molar-refractivity contribution >= 4 is 0 Å². The van der Waals surface area contributed by atoms with Gasteiger partial charge in [-0.15, -0.1) is 0 Å². The first kappa shape index (κ1) is 7.13. The van der Waals surface area contributed by atoms with E-state index in [0.29, 0.717) is 0 Å². The van der Waals surface area contributed by atoms with E-state index in [1.54, 1.807) is 6.07 Å². The van der Waals surface area contributed by atoms with Crippen molar-refractivity contribution in [2.45, 2.75) is 20.3 Å². The standard InChI is InChI=1S/C9H11O/c1-3-8-4-5-9(10)7(2)6-8/h4-6H,3H2,1-2H3. The normalized spacial score (nSPS) is 9.80. The van der Waals surface area contributed by atoms with Gasteiger partial charge < -0.3 is 0 Å². The fourth-order valence-electron chi connectivity index (χ4n) is 0.931. The second kappa shape index (κ2) is 2.74. The van der Waals surface area contributed by atoms with Gasteiger partial charge in [-0.25, -0.2) is 0 Å². The van der Waals surface area contributed by atoms with Crippen LogP contribution in [0.2, 0.25) is 0 Å². The van der Waals surface area contributed by atoms with Crippen LogP contribution < -0.4 is 0 Å². The molecule has 0 amide bonds. The van der Waals surface area contributed by atoms with Gasteiger partial charge >= 0.3 is 0 Å². The van der Waals surface area contributed by atoms with Crippen LogP contribution in [0.15, 0.2) is 18.2 Å². The lowest BCUT2D eigenvalue weighted by molar-refractivity contribution is 0.351. The van der Waals surface area contributed by atoms with Crippen LogP contribution in [0.5, 0.6) is 5.75 Å². The van der Waals surface area contributed by atoms with Crippen molar-refractivity contribution in [3.8, 4) is 5.75 Å². The smallest absolute Gasteiger partial charge is 0.181 e. The van der Waals surface area contributed by atoms with E-state index in [1.807, 2.05) is 19.1 Å². The lowest BCUT2D eigenvalue weighted by Gasteiger charge is -1.97. The van der Waals surface area contributed by atoms with Gasteiger partial charge in [0.1, 0.15) is 0 Å². The zero-order valence-electron chi connectivity index (χ0n) is 6.35. The third kappa shape index (κ3) is 1.29. The number of aryl methyl sites for hydroxylation is 2. The van der Waals surface area contributed by atoms with Crippen molar-refractivity contribution in [1.29, 1.82) is 0 Å². The Hall–Kier alpha value is -0.980. The molecule has 0 saturated carbocycles. The summed E-state index contributed by atoms with van der Waals surface area (Å²) in [6, 6.07) is 5.46. The molecule has 0 N–H and O–H groups in total. The predicted molar refractivity (Wildman–Crippen MR) is 40.7 cm³/mol. The third-order valence-corrected chi connectivity index (χ3v) is 1.65. The Balaban J connectivity index is 3.04. The number of rotatable bonds is 1. The lowest BCUT2D eigenvalue weighted by Crippen LogP contribution is -1.80. The predicted octanol–water partition coefficient (Wildman–Crippen LogP) is 2.70. The summed E-state index contributed by atoms with van der Waals surface area (Å²) in [7, 11) is 0. The van der Waals surface area contributed by atoms with Gasteiger partial charge in [-0.3, -0.25) is 5.11 Å². The molecule has 0 heterocycles. The summed E-state index contributed by atoms with van der Waals surface area (Å²) in [6.07, 6.45) is 1.00. The fraction of sp³-hybridized carbons (Fsp3) is 0.333. The van der Waals surface area contributed by atoms with Crippen molar-refractivity contribution in [3.63, 3.8) is 0 Å². The van der Waals surface area contributed by atoms with Crippen LogP contribution in [-0.2, 0) is 11.5 Å². The zero-order chi connectivity index (χ0) is 7.56. The Morgan fingerprint density at radius 1 is 1.40 bits per heavy atom. The van der Waals surface area contributed by atoms with Gasteiger partial charge in [-0.2, -0.15) is 0 Å². The maximum Gasteiger partial charge on any atom is 0.181 e. The van der Waals surface area contributed by atoms with E-state index < -0.39 is 0 Å². The molecule has 0 aromatic heterocycles. The first-order valence-corrected chi connectivity index (χ1v) is 3.50. The second-order valence-electron chi connectivity index (χ2n) is 2.45. The second-order valence-corrected chi connectivity index (χ2v) is 2.45. The first-order chi connectivity index (χ1) is 4.74.